The lowest BCUT2D eigenvalue weighted by molar-refractivity contribution is 0.787. The topological polar surface area (TPSA) is 42.2 Å². The molecule has 104 valence electrons. The molecule has 0 radical (unpaired) electrons. The van der Waals surface area contributed by atoms with Crippen molar-refractivity contribution in [3.05, 3.63) is 46.0 Å². The van der Waals surface area contributed by atoms with Gasteiger partial charge in [-0.2, -0.15) is 16.4 Å². The molecule has 0 bridgehead atoms. The molecule has 0 aliphatic heterocycles. The van der Waals surface area contributed by atoms with Crippen LogP contribution in [0.5, 0.6) is 0 Å². The lowest BCUT2D eigenvalue weighted by Gasteiger charge is -2.06. The van der Waals surface area contributed by atoms with E-state index in [1.54, 1.807) is 17.5 Å². The molecular weight excluding hydrogens is 268 g/mol. The third kappa shape index (κ3) is 2.41. The van der Waals surface area contributed by atoms with E-state index in [1.807, 2.05) is 10.7 Å². The van der Waals surface area contributed by atoms with Gasteiger partial charge in [-0.1, -0.05) is 13.8 Å². The van der Waals surface area contributed by atoms with Crippen LogP contribution in [0.15, 0.2) is 29.2 Å². The van der Waals surface area contributed by atoms with Gasteiger partial charge >= 0.3 is 0 Å². The number of hydrogen-bond acceptors (Lipinski definition) is 4. The van der Waals surface area contributed by atoms with E-state index in [4.69, 9.17) is 0 Å². The summed E-state index contributed by atoms with van der Waals surface area (Å²) in [6.07, 6.45) is 3.68. The first-order valence-electron chi connectivity index (χ1n) is 6.75. The average molecular weight is 286 g/mol. The van der Waals surface area contributed by atoms with Crippen LogP contribution in [-0.2, 0) is 6.54 Å². The molecule has 5 heteroatoms. The molecule has 3 rings (SSSR count). The number of aromatic nitrogens is 3. The van der Waals surface area contributed by atoms with Gasteiger partial charge < -0.3 is 5.32 Å². The first-order valence-corrected chi connectivity index (χ1v) is 7.69. The lowest BCUT2D eigenvalue weighted by Crippen LogP contribution is -2.03. The maximum atomic E-state index is 4.57. The minimum absolute atomic E-state index is 0.418. The molecule has 0 atom stereocenters. The summed E-state index contributed by atoms with van der Waals surface area (Å²) in [5.41, 5.74) is 4.77. The van der Waals surface area contributed by atoms with Gasteiger partial charge in [0.05, 0.1) is 5.69 Å². The first-order chi connectivity index (χ1) is 9.65. The highest BCUT2D eigenvalue weighted by Crippen LogP contribution is 2.21. The molecule has 1 N–H and O–H groups in total. The summed E-state index contributed by atoms with van der Waals surface area (Å²) in [6, 6.07) is 2.11. The Morgan fingerprint density at radius 3 is 2.90 bits per heavy atom. The summed E-state index contributed by atoms with van der Waals surface area (Å²) in [5, 5.41) is 12.3. The molecule has 0 unspecified atom stereocenters. The van der Waals surface area contributed by atoms with Crippen LogP contribution in [0.1, 0.15) is 36.6 Å². The molecule has 0 aromatic carbocycles. The molecule has 3 aromatic heterocycles. The normalized spacial score (nSPS) is 11.4. The second-order valence-corrected chi connectivity index (χ2v) is 6.01. The molecule has 0 spiro atoms. The molecule has 4 nitrogen and oxygen atoms in total. The molecule has 3 aromatic rings. The number of rotatable bonds is 4. The highest BCUT2D eigenvalue weighted by molar-refractivity contribution is 7.08. The maximum Gasteiger partial charge on any atom is 0.152 e. The Morgan fingerprint density at radius 2 is 2.20 bits per heavy atom. The van der Waals surface area contributed by atoms with Crippen molar-refractivity contribution in [1.29, 1.82) is 0 Å². The van der Waals surface area contributed by atoms with E-state index < -0.39 is 0 Å². The van der Waals surface area contributed by atoms with Crippen LogP contribution < -0.4 is 5.32 Å². The summed E-state index contributed by atoms with van der Waals surface area (Å²) >= 11 is 1.74. The van der Waals surface area contributed by atoms with Gasteiger partial charge in [-0.3, -0.25) is 0 Å². The summed E-state index contributed by atoms with van der Waals surface area (Å²) in [7, 11) is 0. The SMILES string of the molecule is Cc1cscc1CNc1nccn2nc(C(C)C)cc12. The van der Waals surface area contributed by atoms with Crippen molar-refractivity contribution in [3.63, 3.8) is 0 Å². The molecule has 0 aliphatic carbocycles. The van der Waals surface area contributed by atoms with Crippen molar-refractivity contribution in [2.45, 2.75) is 33.2 Å². The molecule has 20 heavy (non-hydrogen) atoms. The second kappa shape index (κ2) is 5.25. The number of nitrogens with zero attached hydrogens (tertiary/aromatic N) is 3. The molecular formula is C15H18N4S. The van der Waals surface area contributed by atoms with Crippen LogP contribution >= 0.6 is 11.3 Å². The second-order valence-electron chi connectivity index (χ2n) is 5.26. The Morgan fingerprint density at radius 1 is 1.35 bits per heavy atom. The van der Waals surface area contributed by atoms with E-state index in [-0.39, 0.29) is 0 Å². The summed E-state index contributed by atoms with van der Waals surface area (Å²) < 4.78 is 1.89. The summed E-state index contributed by atoms with van der Waals surface area (Å²) in [6.45, 7) is 7.23. The molecule has 0 aliphatic rings. The zero-order valence-corrected chi connectivity index (χ0v) is 12.7. The number of nitrogens with one attached hydrogen (secondary N) is 1. The number of anilines is 1. The van der Waals surface area contributed by atoms with Crippen molar-refractivity contribution < 1.29 is 0 Å². The third-order valence-corrected chi connectivity index (χ3v) is 4.32. The fourth-order valence-electron chi connectivity index (χ4n) is 2.11. The highest BCUT2D eigenvalue weighted by Gasteiger charge is 2.10. The zero-order chi connectivity index (χ0) is 14.1. The predicted octanol–water partition coefficient (Wildman–Crippen LogP) is 3.83. The van der Waals surface area contributed by atoms with Crippen LogP contribution in [0.3, 0.4) is 0 Å². The zero-order valence-electron chi connectivity index (χ0n) is 11.9. The Balaban J connectivity index is 1.89. The summed E-state index contributed by atoms with van der Waals surface area (Å²) in [4.78, 5) is 4.44. The van der Waals surface area contributed by atoms with Gasteiger partial charge in [-0.25, -0.2) is 9.50 Å². The van der Waals surface area contributed by atoms with E-state index in [0.29, 0.717) is 5.92 Å². The van der Waals surface area contributed by atoms with Crippen molar-refractivity contribution in [2.75, 3.05) is 5.32 Å². The fourth-order valence-corrected chi connectivity index (χ4v) is 2.96. The molecule has 3 heterocycles. The van der Waals surface area contributed by atoms with E-state index in [0.717, 1.165) is 23.6 Å². The van der Waals surface area contributed by atoms with Gasteiger partial charge in [0.1, 0.15) is 5.52 Å². The van der Waals surface area contributed by atoms with Gasteiger partial charge in [-0.05, 0) is 40.8 Å². The van der Waals surface area contributed by atoms with E-state index in [9.17, 15) is 0 Å². The number of fused-ring (bicyclic) bond motifs is 1. The van der Waals surface area contributed by atoms with Crippen molar-refractivity contribution >= 4 is 22.7 Å². The van der Waals surface area contributed by atoms with Gasteiger partial charge in [0.15, 0.2) is 5.82 Å². The Kier molecular flexibility index (Phi) is 3.44. The average Bonchev–Trinajstić information content (AvgIpc) is 3.02. The van der Waals surface area contributed by atoms with Crippen molar-refractivity contribution in [3.8, 4) is 0 Å². The lowest BCUT2D eigenvalue weighted by atomic mass is 10.1. The first kappa shape index (κ1) is 13.1. The number of aryl methyl sites for hydroxylation is 1. The van der Waals surface area contributed by atoms with E-state index >= 15 is 0 Å². The molecule has 0 fully saturated rings. The van der Waals surface area contributed by atoms with Gasteiger partial charge in [0.25, 0.3) is 0 Å². The smallest absolute Gasteiger partial charge is 0.152 e. The standard InChI is InChI=1S/C15H18N4S/c1-10(2)13-6-14-15(16-4-5-19(14)18-13)17-7-12-9-20-8-11(12)3/h4-6,8-10H,7H2,1-3H3,(H,16,17). The largest absolute Gasteiger partial charge is 0.364 e. The van der Waals surface area contributed by atoms with E-state index in [1.165, 1.54) is 11.1 Å². The van der Waals surface area contributed by atoms with Gasteiger partial charge in [0, 0.05) is 18.9 Å². The predicted molar refractivity (Wildman–Crippen MR) is 83.5 cm³/mol. The van der Waals surface area contributed by atoms with Gasteiger partial charge in [0.2, 0.25) is 0 Å². The van der Waals surface area contributed by atoms with Gasteiger partial charge in [-0.15, -0.1) is 0 Å². The highest BCUT2D eigenvalue weighted by atomic mass is 32.1. The van der Waals surface area contributed by atoms with E-state index in [2.05, 4.69) is 53.0 Å². The van der Waals surface area contributed by atoms with Crippen molar-refractivity contribution in [1.82, 2.24) is 14.6 Å². The van der Waals surface area contributed by atoms with Crippen LogP contribution in [0.2, 0.25) is 0 Å². The minimum Gasteiger partial charge on any atom is -0.364 e. The Hall–Kier alpha value is -1.88. The van der Waals surface area contributed by atoms with Crippen molar-refractivity contribution in [2.24, 2.45) is 0 Å². The van der Waals surface area contributed by atoms with Crippen LogP contribution in [0.25, 0.3) is 5.52 Å². The Labute approximate surface area is 122 Å². The number of hydrogen-bond donors (Lipinski definition) is 1. The third-order valence-electron chi connectivity index (χ3n) is 3.41. The fraction of sp³-hybridized carbons (Fsp3) is 0.333. The monoisotopic (exact) mass is 286 g/mol. The Bertz CT molecular complexity index is 726. The molecule has 0 saturated heterocycles. The molecule has 0 amide bonds. The van der Waals surface area contributed by atoms with Crippen LogP contribution in [0.4, 0.5) is 5.82 Å². The minimum atomic E-state index is 0.418. The maximum absolute atomic E-state index is 4.57. The molecule has 0 saturated carbocycles. The van der Waals surface area contributed by atoms with Crippen LogP contribution in [0, 0.1) is 6.92 Å². The summed E-state index contributed by atoms with van der Waals surface area (Å²) in [5.74, 6) is 1.30. The quantitative estimate of drug-likeness (QED) is 0.792. The van der Waals surface area contributed by atoms with Crippen LogP contribution in [-0.4, -0.2) is 14.6 Å². The number of thiophene rings is 1.